The minimum Gasteiger partial charge on any atom is -0.495 e. The Balaban J connectivity index is 2.44. The quantitative estimate of drug-likeness (QED) is 0.501. The number of ether oxygens (including phenoxy) is 1. The molecule has 0 spiro atoms. The Morgan fingerprint density at radius 2 is 1.76 bits per heavy atom. The summed E-state index contributed by atoms with van der Waals surface area (Å²) in [6, 6.07) is 11.4. The number of carbonyl (C=O) groups excluding carboxylic acids is 2. The molecule has 186 valence electrons. The van der Waals surface area contributed by atoms with E-state index in [4.69, 9.17) is 16.3 Å². The molecule has 0 saturated heterocycles. The van der Waals surface area contributed by atoms with Crippen LogP contribution in [-0.2, 0) is 26.2 Å². The molecule has 2 rings (SSSR count). The van der Waals surface area contributed by atoms with E-state index < -0.39 is 28.5 Å². The van der Waals surface area contributed by atoms with Gasteiger partial charge in [0.25, 0.3) is 0 Å². The highest BCUT2D eigenvalue weighted by Gasteiger charge is 2.31. The smallest absolute Gasteiger partial charge is 0.244 e. The van der Waals surface area contributed by atoms with E-state index in [1.165, 1.54) is 30.2 Å². The van der Waals surface area contributed by atoms with Gasteiger partial charge in [0.05, 0.1) is 24.1 Å². The first-order valence-electron chi connectivity index (χ1n) is 11.0. The van der Waals surface area contributed by atoms with Crippen LogP contribution in [0.5, 0.6) is 5.75 Å². The van der Waals surface area contributed by atoms with Crippen LogP contribution in [0.2, 0.25) is 5.02 Å². The first kappa shape index (κ1) is 27.5. The summed E-state index contributed by atoms with van der Waals surface area (Å²) >= 11 is 6.20. The SMILES string of the molecule is CCNC(=O)[C@@H](CC)N(Cc1ccc(C)cc1)C(=O)CN(c1ccc(OC)c(Cl)c1)S(C)(=O)=O. The minimum absolute atomic E-state index is 0.162. The summed E-state index contributed by atoms with van der Waals surface area (Å²) in [6.07, 6.45) is 1.39. The van der Waals surface area contributed by atoms with Crippen LogP contribution in [0, 0.1) is 6.92 Å². The van der Waals surface area contributed by atoms with Gasteiger partial charge in [-0.15, -0.1) is 0 Å². The van der Waals surface area contributed by atoms with Crippen LogP contribution < -0.4 is 14.4 Å². The van der Waals surface area contributed by atoms with Crippen LogP contribution in [0.15, 0.2) is 42.5 Å². The van der Waals surface area contributed by atoms with Gasteiger partial charge in [0, 0.05) is 13.1 Å². The Morgan fingerprint density at radius 1 is 1.12 bits per heavy atom. The number of sulfonamides is 1. The lowest BCUT2D eigenvalue weighted by Crippen LogP contribution is -2.52. The maximum atomic E-state index is 13.5. The molecule has 0 fully saturated rings. The number of rotatable bonds is 11. The molecule has 0 heterocycles. The lowest BCUT2D eigenvalue weighted by molar-refractivity contribution is -0.140. The summed E-state index contributed by atoms with van der Waals surface area (Å²) < 4.78 is 31.4. The Hall–Kier alpha value is -2.78. The Bertz CT molecular complexity index is 1110. The molecule has 1 atom stereocenters. The standard InChI is InChI=1S/C24H32ClN3O5S/c1-6-21(24(30)26-7-2)27(15-18-10-8-17(3)9-11-18)23(29)16-28(34(5,31)32)19-12-13-22(33-4)20(25)14-19/h8-14,21H,6-7,15-16H2,1-5H3,(H,26,30)/t21-/m1/s1. The van der Waals surface area contributed by atoms with E-state index >= 15 is 0 Å². The van der Waals surface area contributed by atoms with Crippen molar-refractivity contribution in [1.82, 2.24) is 10.2 Å². The van der Waals surface area contributed by atoms with Gasteiger partial charge in [-0.1, -0.05) is 48.4 Å². The number of aryl methyl sites for hydroxylation is 1. The molecule has 0 radical (unpaired) electrons. The average Bonchev–Trinajstić information content (AvgIpc) is 2.77. The fourth-order valence-electron chi connectivity index (χ4n) is 3.53. The molecule has 0 aromatic heterocycles. The summed E-state index contributed by atoms with van der Waals surface area (Å²) in [5.74, 6) is -0.409. The normalized spacial score (nSPS) is 12.1. The van der Waals surface area contributed by atoms with Crippen molar-refractivity contribution >= 4 is 39.1 Å². The predicted octanol–water partition coefficient (Wildman–Crippen LogP) is 3.37. The van der Waals surface area contributed by atoms with Crippen molar-refractivity contribution in [2.45, 2.75) is 39.8 Å². The van der Waals surface area contributed by atoms with Crippen LogP contribution in [0.25, 0.3) is 0 Å². The van der Waals surface area contributed by atoms with Crippen LogP contribution in [0.3, 0.4) is 0 Å². The first-order chi connectivity index (χ1) is 16.0. The summed E-state index contributed by atoms with van der Waals surface area (Å²) in [7, 11) is -2.39. The molecule has 2 aromatic rings. The number of nitrogens with one attached hydrogen (secondary N) is 1. The fraction of sp³-hybridized carbons (Fsp3) is 0.417. The van der Waals surface area contributed by atoms with Gasteiger partial charge in [0.15, 0.2) is 0 Å². The number of hydrogen-bond acceptors (Lipinski definition) is 5. The van der Waals surface area contributed by atoms with Gasteiger partial charge >= 0.3 is 0 Å². The van der Waals surface area contributed by atoms with E-state index in [1.807, 2.05) is 38.1 Å². The summed E-state index contributed by atoms with van der Waals surface area (Å²) in [4.78, 5) is 27.7. The van der Waals surface area contributed by atoms with Crippen molar-refractivity contribution in [3.05, 3.63) is 58.6 Å². The number of hydrogen-bond donors (Lipinski definition) is 1. The van der Waals surface area contributed by atoms with Crippen molar-refractivity contribution in [2.75, 3.05) is 30.8 Å². The van der Waals surface area contributed by atoms with Gasteiger partial charge in [-0.05, 0) is 44.0 Å². The molecular weight excluding hydrogens is 478 g/mol. The molecule has 0 aliphatic rings. The number of likely N-dealkylation sites (N-methyl/N-ethyl adjacent to an activating group) is 1. The highest BCUT2D eigenvalue weighted by molar-refractivity contribution is 7.92. The van der Waals surface area contributed by atoms with E-state index in [-0.39, 0.29) is 23.2 Å². The third-order valence-corrected chi connectivity index (χ3v) is 6.75. The molecular formula is C24H32ClN3O5S. The average molecular weight is 510 g/mol. The molecule has 0 unspecified atom stereocenters. The van der Waals surface area contributed by atoms with Crippen molar-refractivity contribution in [3.8, 4) is 5.75 Å². The van der Waals surface area contributed by atoms with Gasteiger partial charge in [-0.25, -0.2) is 8.42 Å². The van der Waals surface area contributed by atoms with Gasteiger partial charge in [-0.2, -0.15) is 0 Å². The molecule has 34 heavy (non-hydrogen) atoms. The van der Waals surface area contributed by atoms with E-state index in [1.54, 1.807) is 6.92 Å². The lowest BCUT2D eigenvalue weighted by Gasteiger charge is -2.33. The minimum atomic E-state index is -3.84. The maximum absolute atomic E-state index is 13.5. The Labute approximate surface area is 206 Å². The number of carbonyl (C=O) groups is 2. The zero-order chi connectivity index (χ0) is 25.5. The van der Waals surface area contributed by atoms with E-state index in [9.17, 15) is 18.0 Å². The molecule has 0 aliphatic carbocycles. The topological polar surface area (TPSA) is 96.0 Å². The number of anilines is 1. The summed E-state index contributed by atoms with van der Waals surface area (Å²) in [6.45, 7) is 5.67. The van der Waals surface area contributed by atoms with Gasteiger partial charge in [0.1, 0.15) is 18.3 Å². The van der Waals surface area contributed by atoms with Crippen molar-refractivity contribution in [3.63, 3.8) is 0 Å². The number of methoxy groups -OCH3 is 1. The van der Waals surface area contributed by atoms with Crippen LogP contribution >= 0.6 is 11.6 Å². The van der Waals surface area contributed by atoms with E-state index in [0.717, 1.165) is 21.7 Å². The van der Waals surface area contributed by atoms with Crippen LogP contribution in [0.1, 0.15) is 31.4 Å². The molecule has 1 N–H and O–H groups in total. The van der Waals surface area contributed by atoms with Crippen molar-refractivity contribution < 1.29 is 22.7 Å². The highest BCUT2D eigenvalue weighted by atomic mass is 35.5. The van der Waals surface area contributed by atoms with E-state index in [0.29, 0.717) is 18.7 Å². The van der Waals surface area contributed by atoms with Gasteiger partial charge in [-0.3, -0.25) is 13.9 Å². The van der Waals surface area contributed by atoms with E-state index in [2.05, 4.69) is 5.32 Å². The first-order valence-corrected chi connectivity index (χ1v) is 13.2. The fourth-order valence-corrected chi connectivity index (χ4v) is 4.62. The molecule has 0 aliphatic heterocycles. The Morgan fingerprint density at radius 3 is 2.26 bits per heavy atom. The second-order valence-corrected chi connectivity index (χ2v) is 10.2. The molecule has 8 nitrogen and oxygen atoms in total. The van der Waals surface area contributed by atoms with Crippen molar-refractivity contribution in [1.29, 1.82) is 0 Å². The number of nitrogens with zero attached hydrogens (tertiary/aromatic N) is 2. The summed E-state index contributed by atoms with van der Waals surface area (Å²) in [5.41, 5.74) is 2.13. The Kier molecular flexibility index (Phi) is 9.76. The molecule has 0 saturated carbocycles. The second-order valence-electron chi connectivity index (χ2n) is 7.91. The zero-order valence-electron chi connectivity index (χ0n) is 20.2. The molecule has 2 amide bonds. The molecule has 0 bridgehead atoms. The molecule has 2 aromatic carbocycles. The predicted molar refractivity (Wildman–Crippen MR) is 135 cm³/mol. The van der Waals surface area contributed by atoms with Gasteiger partial charge < -0.3 is 15.0 Å². The third-order valence-electron chi connectivity index (χ3n) is 5.31. The second kappa shape index (κ2) is 12.1. The highest BCUT2D eigenvalue weighted by Crippen LogP contribution is 2.30. The zero-order valence-corrected chi connectivity index (χ0v) is 21.7. The number of benzene rings is 2. The number of halogens is 1. The monoisotopic (exact) mass is 509 g/mol. The van der Waals surface area contributed by atoms with Crippen LogP contribution in [0.4, 0.5) is 5.69 Å². The van der Waals surface area contributed by atoms with Gasteiger partial charge in [0.2, 0.25) is 21.8 Å². The summed E-state index contributed by atoms with van der Waals surface area (Å²) in [5, 5.41) is 2.98. The maximum Gasteiger partial charge on any atom is 0.244 e. The lowest BCUT2D eigenvalue weighted by atomic mass is 10.1. The van der Waals surface area contributed by atoms with Crippen molar-refractivity contribution in [2.24, 2.45) is 0 Å². The largest absolute Gasteiger partial charge is 0.495 e. The van der Waals surface area contributed by atoms with Crippen LogP contribution in [-0.4, -0.2) is 57.6 Å². The third kappa shape index (κ3) is 7.11. The molecule has 10 heteroatoms. The number of amides is 2.